The summed E-state index contributed by atoms with van der Waals surface area (Å²) < 4.78 is 16.1. The van der Waals surface area contributed by atoms with Gasteiger partial charge in [-0.25, -0.2) is 9.59 Å². The topological polar surface area (TPSA) is 73.9 Å². The molecule has 3 atom stereocenters. The van der Waals surface area contributed by atoms with Gasteiger partial charge in [0.2, 0.25) is 0 Å². The Kier molecular flexibility index (Phi) is 8.95. The van der Waals surface area contributed by atoms with Crippen molar-refractivity contribution in [3.63, 3.8) is 0 Å². The summed E-state index contributed by atoms with van der Waals surface area (Å²) >= 11 is 0. The molecule has 4 rings (SSSR count). The van der Waals surface area contributed by atoms with Gasteiger partial charge in [0.05, 0.1) is 19.8 Å². The van der Waals surface area contributed by atoms with E-state index < -0.39 is 6.09 Å². The molecule has 2 aromatic rings. The molecule has 1 heterocycles. The van der Waals surface area contributed by atoms with E-state index in [-0.39, 0.29) is 30.5 Å². The summed E-state index contributed by atoms with van der Waals surface area (Å²) in [5.74, 6) is -0.307. The Morgan fingerprint density at radius 3 is 2.53 bits per heavy atom. The third-order valence-electron chi connectivity index (χ3n) is 7.07. The molecule has 36 heavy (non-hydrogen) atoms. The van der Waals surface area contributed by atoms with Crippen LogP contribution in [0.1, 0.15) is 55.2 Å². The van der Waals surface area contributed by atoms with Crippen LogP contribution in [0.5, 0.6) is 0 Å². The van der Waals surface area contributed by atoms with E-state index in [2.05, 4.69) is 42.2 Å². The van der Waals surface area contributed by atoms with Gasteiger partial charge in [-0.05, 0) is 60.8 Å². The average molecular weight is 490 g/mol. The summed E-state index contributed by atoms with van der Waals surface area (Å²) in [5.41, 5.74) is 5.06. The number of hydrogen-bond donors (Lipinski definition) is 1. The van der Waals surface area contributed by atoms with E-state index in [1.165, 1.54) is 11.1 Å². The van der Waals surface area contributed by atoms with E-state index in [0.29, 0.717) is 25.2 Å². The molecule has 0 aromatic heterocycles. The molecule has 0 spiro atoms. The number of rotatable bonds is 8. The summed E-state index contributed by atoms with van der Waals surface area (Å²) in [4.78, 5) is 25.0. The van der Waals surface area contributed by atoms with Crippen molar-refractivity contribution in [2.45, 2.75) is 51.2 Å². The number of benzene rings is 2. The van der Waals surface area contributed by atoms with Crippen molar-refractivity contribution < 1.29 is 23.8 Å². The Morgan fingerprint density at radius 1 is 1.06 bits per heavy atom. The molecule has 1 aliphatic carbocycles. The van der Waals surface area contributed by atoms with Gasteiger partial charge in [-0.3, -0.25) is 0 Å². The fourth-order valence-corrected chi connectivity index (χ4v) is 5.07. The van der Waals surface area contributed by atoms with Crippen molar-refractivity contribution in [3.8, 4) is 0 Å². The molecule has 1 amide bonds. The van der Waals surface area contributed by atoms with Crippen LogP contribution in [-0.4, -0.2) is 37.9 Å². The summed E-state index contributed by atoms with van der Waals surface area (Å²) in [6.45, 7) is 7.78. The summed E-state index contributed by atoms with van der Waals surface area (Å²) in [6.07, 6.45) is 4.78. The van der Waals surface area contributed by atoms with Gasteiger partial charge in [0.1, 0.15) is 6.61 Å². The minimum atomic E-state index is -0.430. The number of alkyl carbamates (subject to hydrolysis) is 1. The fourth-order valence-electron chi connectivity index (χ4n) is 5.07. The van der Waals surface area contributed by atoms with Gasteiger partial charge < -0.3 is 19.5 Å². The molecule has 190 valence electrons. The molecule has 1 saturated carbocycles. The van der Waals surface area contributed by atoms with Crippen LogP contribution in [-0.2, 0) is 25.6 Å². The normalized spacial score (nSPS) is 21.7. The van der Waals surface area contributed by atoms with Gasteiger partial charge >= 0.3 is 12.1 Å². The molecule has 6 nitrogen and oxygen atoms in total. The second-order valence-corrected chi connectivity index (χ2v) is 9.35. The fraction of sp³-hybridized carbons (Fsp3) is 0.400. The minimum Gasteiger partial charge on any atom is -0.463 e. The highest BCUT2D eigenvalue weighted by atomic mass is 16.5. The molecule has 1 unspecified atom stereocenters. The number of ether oxygens (including phenoxy) is 3. The molecule has 6 heteroatoms. The highest BCUT2D eigenvalue weighted by Gasteiger charge is 2.35. The van der Waals surface area contributed by atoms with Gasteiger partial charge in [0.25, 0.3) is 0 Å². The summed E-state index contributed by atoms with van der Waals surface area (Å²) in [5, 5.41) is 3.09. The maximum Gasteiger partial charge on any atom is 0.407 e. The van der Waals surface area contributed by atoms with E-state index in [9.17, 15) is 9.59 Å². The van der Waals surface area contributed by atoms with Gasteiger partial charge in [0, 0.05) is 17.5 Å². The maximum atomic E-state index is 12.7. The molecule has 2 aliphatic rings. The number of hydrogen-bond acceptors (Lipinski definition) is 5. The lowest BCUT2D eigenvalue weighted by Gasteiger charge is -2.37. The monoisotopic (exact) mass is 489 g/mol. The molecule has 1 N–H and O–H groups in total. The van der Waals surface area contributed by atoms with E-state index in [0.717, 1.165) is 37.0 Å². The number of amides is 1. The minimum absolute atomic E-state index is 0.00492. The van der Waals surface area contributed by atoms with Gasteiger partial charge in [0.15, 0.2) is 0 Å². The maximum absolute atomic E-state index is 12.7. The van der Waals surface area contributed by atoms with Crippen LogP contribution < -0.4 is 5.32 Å². The molecular weight excluding hydrogens is 454 g/mol. The molecule has 1 aliphatic heterocycles. The van der Waals surface area contributed by atoms with Crippen LogP contribution in [0.2, 0.25) is 0 Å². The average Bonchev–Trinajstić information content (AvgIpc) is 2.93. The number of esters is 1. The first-order valence-electron chi connectivity index (χ1n) is 12.8. The Morgan fingerprint density at radius 2 is 1.83 bits per heavy atom. The van der Waals surface area contributed by atoms with Gasteiger partial charge in [-0.15, -0.1) is 0 Å². The van der Waals surface area contributed by atoms with Crippen molar-refractivity contribution in [1.82, 2.24) is 5.32 Å². The third-order valence-corrected chi connectivity index (χ3v) is 7.07. The molecule has 1 fully saturated rings. The number of carbonyl (C=O) groups is 2. The van der Waals surface area contributed by atoms with E-state index in [1.54, 1.807) is 6.92 Å². The van der Waals surface area contributed by atoms with Crippen molar-refractivity contribution in [2.75, 3.05) is 19.8 Å². The van der Waals surface area contributed by atoms with Gasteiger partial charge in [-0.2, -0.15) is 0 Å². The van der Waals surface area contributed by atoms with Crippen LogP contribution >= 0.6 is 0 Å². The first-order valence-corrected chi connectivity index (χ1v) is 12.8. The van der Waals surface area contributed by atoms with Gasteiger partial charge in [-0.1, -0.05) is 67.3 Å². The lowest BCUT2D eigenvalue weighted by atomic mass is 9.72. The highest BCUT2D eigenvalue weighted by molar-refractivity contribution is 5.88. The Hall–Kier alpha value is -3.38. The van der Waals surface area contributed by atoms with Crippen LogP contribution in [0.4, 0.5) is 4.79 Å². The highest BCUT2D eigenvalue weighted by Crippen LogP contribution is 2.40. The lowest BCUT2D eigenvalue weighted by molar-refractivity contribution is -0.139. The van der Waals surface area contributed by atoms with Crippen LogP contribution in [0.25, 0.3) is 5.57 Å². The van der Waals surface area contributed by atoms with Crippen molar-refractivity contribution in [3.05, 3.63) is 89.5 Å². The number of nitrogens with one attached hydrogen (secondary N) is 1. The summed E-state index contributed by atoms with van der Waals surface area (Å²) in [7, 11) is 0. The molecule has 0 bridgehead atoms. The first kappa shape index (κ1) is 25.7. The Bertz CT molecular complexity index is 1080. The largest absolute Gasteiger partial charge is 0.463 e. The SMILES string of the molecule is C=C(C(=O)OCC)C1CC[C@@H](NC(=O)OCc2ccccc2)[C@H](c2ccc(C3=CCOCC3)cc2)C1. The first-order chi connectivity index (χ1) is 17.5. The zero-order valence-electron chi connectivity index (χ0n) is 20.9. The molecule has 2 aromatic carbocycles. The van der Waals surface area contributed by atoms with Crippen molar-refractivity contribution in [2.24, 2.45) is 5.92 Å². The zero-order chi connectivity index (χ0) is 25.3. The quantitative estimate of drug-likeness (QED) is 0.375. The van der Waals surface area contributed by atoms with Crippen LogP contribution in [0.15, 0.2) is 72.8 Å². The standard InChI is InChI=1S/C30H35NO5/c1-3-35-29(32)21(2)26-13-14-28(31-30(33)36-20-22-7-5-4-6-8-22)27(19-26)25-11-9-23(10-12-25)24-15-17-34-18-16-24/h4-12,15,26-28H,2-3,13-14,16-20H2,1H3,(H,31,33)/t26?,27-,28+/m0/s1. The second kappa shape index (κ2) is 12.5. The van der Waals surface area contributed by atoms with E-state index in [4.69, 9.17) is 14.2 Å². The van der Waals surface area contributed by atoms with E-state index >= 15 is 0 Å². The molecule has 0 saturated heterocycles. The Balaban J connectivity index is 1.48. The lowest BCUT2D eigenvalue weighted by Crippen LogP contribution is -2.43. The molecule has 0 radical (unpaired) electrons. The predicted octanol–water partition coefficient (Wildman–Crippen LogP) is 5.79. The number of carbonyl (C=O) groups excluding carboxylic acids is 2. The third kappa shape index (κ3) is 6.64. The van der Waals surface area contributed by atoms with Crippen LogP contribution in [0.3, 0.4) is 0 Å². The summed E-state index contributed by atoms with van der Waals surface area (Å²) in [6, 6.07) is 18.1. The van der Waals surface area contributed by atoms with Crippen molar-refractivity contribution in [1.29, 1.82) is 0 Å². The predicted molar refractivity (Wildman–Crippen MR) is 139 cm³/mol. The molecular formula is C30H35NO5. The van der Waals surface area contributed by atoms with Crippen LogP contribution in [0, 0.1) is 5.92 Å². The second-order valence-electron chi connectivity index (χ2n) is 9.35. The van der Waals surface area contributed by atoms with Crippen molar-refractivity contribution >= 4 is 17.6 Å². The van der Waals surface area contributed by atoms with E-state index in [1.807, 2.05) is 30.3 Å². The zero-order valence-corrected chi connectivity index (χ0v) is 20.9. The smallest absolute Gasteiger partial charge is 0.407 e. The Labute approximate surface area is 213 Å².